The molecule has 0 atom stereocenters. The number of benzene rings is 1. The summed E-state index contributed by atoms with van der Waals surface area (Å²) in [6.07, 6.45) is -0.425. The highest BCUT2D eigenvalue weighted by molar-refractivity contribution is 6.21. The summed E-state index contributed by atoms with van der Waals surface area (Å²) in [6.45, 7) is 0. The highest BCUT2D eigenvalue weighted by atomic mass is 35.5. The molecule has 14 heavy (non-hydrogen) atoms. The Labute approximate surface area is 92.8 Å². The second kappa shape index (κ2) is 5.89. The molecule has 0 radical (unpaired) electrons. The van der Waals surface area contributed by atoms with E-state index in [2.05, 4.69) is 0 Å². The third-order valence-electron chi connectivity index (χ3n) is 1.63. The van der Waals surface area contributed by atoms with Gasteiger partial charge in [-0.3, -0.25) is 0 Å². The van der Waals surface area contributed by atoms with Crippen LogP contribution in [-0.4, -0.2) is 23.8 Å². The summed E-state index contributed by atoms with van der Waals surface area (Å²) in [5.74, 6) is 0.0290. The van der Waals surface area contributed by atoms with Crippen molar-refractivity contribution in [2.45, 2.75) is 6.10 Å². The first kappa shape index (κ1) is 11.3. The number of esters is 1. The van der Waals surface area contributed by atoms with Crippen LogP contribution in [0.5, 0.6) is 0 Å². The van der Waals surface area contributed by atoms with E-state index in [1.807, 2.05) is 6.07 Å². The molecular formula is C10H10Cl2O2. The topological polar surface area (TPSA) is 26.3 Å². The average molecular weight is 233 g/mol. The molecule has 0 amide bonds. The van der Waals surface area contributed by atoms with Gasteiger partial charge in [-0.05, 0) is 12.1 Å². The minimum atomic E-state index is -0.425. The van der Waals surface area contributed by atoms with Gasteiger partial charge in [0.2, 0.25) is 0 Å². The van der Waals surface area contributed by atoms with Crippen molar-refractivity contribution in [2.24, 2.45) is 0 Å². The molecule has 76 valence electrons. The quantitative estimate of drug-likeness (QED) is 0.590. The molecule has 4 heteroatoms. The number of halogens is 2. The number of carbonyl (C=O) groups is 1. The minimum absolute atomic E-state index is 0.210. The van der Waals surface area contributed by atoms with E-state index >= 15 is 0 Å². The Hall–Kier alpha value is -0.730. The zero-order valence-electron chi connectivity index (χ0n) is 7.45. The van der Waals surface area contributed by atoms with Gasteiger partial charge in [-0.2, -0.15) is 0 Å². The van der Waals surface area contributed by atoms with E-state index in [1.165, 1.54) is 0 Å². The van der Waals surface area contributed by atoms with Crippen molar-refractivity contribution in [1.29, 1.82) is 0 Å². The number of hydrogen-bond acceptors (Lipinski definition) is 2. The van der Waals surface area contributed by atoms with Crippen molar-refractivity contribution in [1.82, 2.24) is 0 Å². The van der Waals surface area contributed by atoms with Crippen LogP contribution in [0.4, 0.5) is 0 Å². The van der Waals surface area contributed by atoms with Crippen LogP contribution < -0.4 is 0 Å². The van der Waals surface area contributed by atoms with Crippen LogP contribution in [0.3, 0.4) is 0 Å². The Morgan fingerprint density at radius 2 is 1.79 bits per heavy atom. The summed E-state index contributed by atoms with van der Waals surface area (Å²) >= 11 is 11.1. The number of rotatable bonds is 4. The van der Waals surface area contributed by atoms with Gasteiger partial charge in [-0.25, -0.2) is 4.79 Å². The highest BCUT2D eigenvalue weighted by Gasteiger charge is 2.13. The number of hydrogen-bond donors (Lipinski definition) is 0. The van der Waals surface area contributed by atoms with Crippen LogP contribution in [0, 0.1) is 0 Å². The molecule has 0 aliphatic carbocycles. The van der Waals surface area contributed by atoms with Gasteiger partial charge >= 0.3 is 5.97 Å². The first-order valence-corrected chi connectivity index (χ1v) is 5.22. The number of ether oxygens (including phenoxy) is 1. The van der Waals surface area contributed by atoms with Crippen LogP contribution in [0.1, 0.15) is 10.4 Å². The lowest BCUT2D eigenvalue weighted by atomic mass is 10.2. The molecule has 0 spiro atoms. The second-order valence-electron chi connectivity index (χ2n) is 2.70. The zero-order chi connectivity index (χ0) is 10.4. The fourth-order valence-electron chi connectivity index (χ4n) is 0.898. The van der Waals surface area contributed by atoms with Gasteiger partial charge in [0, 0.05) is 0 Å². The van der Waals surface area contributed by atoms with Crippen molar-refractivity contribution in [2.75, 3.05) is 11.8 Å². The van der Waals surface area contributed by atoms with Crippen LogP contribution in [0.15, 0.2) is 30.3 Å². The van der Waals surface area contributed by atoms with Crippen molar-refractivity contribution in [3.05, 3.63) is 35.9 Å². The van der Waals surface area contributed by atoms with E-state index in [0.29, 0.717) is 5.56 Å². The maximum atomic E-state index is 11.4. The maximum absolute atomic E-state index is 11.4. The third-order valence-corrected chi connectivity index (χ3v) is 2.32. The Morgan fingerprint density at radius 1 is 1.21 bits per heavy atom. The van der Waals surface area contributed by atoms with Gasteiger partial charge in [0.1, 0.15) is 6.10 Å². The first-order valence-electron chi connectivity index (χ1n) is 4.16. The van der Waals surface area contributed by atoms with E-state index in [1.54, 1.807) is 24.3 Å². The standard InChI is InChI=1S/C10H10Cl2O2/c11-6-9(7-12)14-10(13)8-4-2-1-3-5-8/h1-5,9H,6-7H2. The molecule has 0 heterocycles. The van der Waals surface area contributed by atoms with E-state index in [-0.39, 0.29) is 11.8 Å². The molecule has 0 N–H and O–H groups in total. The molecule has 0 aliphatic heterocycles. The molecule has 0 unspecified atom stereocenters. The van der Waals surface area contributed by atoms with Gasteiger partial charge in [0.15, 0.2) is 0 Å². The van der Waals surface area contributed by atoms with Crippen LogP contribution >= 0.6 is 23.2 Å². The molecule has 1 aromatic rings. The van der Waals surface area contributed by atoms with E-state index < -0.39 is 12.1 Å². The molecule has 2 nitrogen and oxygen atoms in total. The summed E-state index contributed by atoms with van der Waals surface area (Å²) in [5.41, 5.74) is 0.507. The fraction of sp³-hybridized carbons (Fsp3) is 0.300. The van der Waals surface area contributed by atoms with Crippen molar-refractivity contribution < 1.29 is 9.53 Å². The van der Waals surface area contributed by atoms with Gasteiger partial charge in [-0.1, -0.05) is 18.2 Å². The van der Waals surface area contributed by atoms with E-state index in [9.17, 15) is 4.79 Å². The number of carbonyl (C=O) groups excluding carboxylic acids is 1. The van der Waals surface area contributed by atoms with Crippen LogP contribution in [0.25, 0.3) is 0 Å². The van der Waals surface area contributed by atoms with Gasteiger partial charge in [-0.15, -0.1) is 23.2 Å². The van der Waals surface area contributed by atoms with Crippen molar-refractivity contribution >= 4 is 29.2 Å². The smallest absolute Gasteiger partial charge is 0.338 e. The zero-order valence-corrected chi connectivity index (χ0v) is 8.96. The predicted molar refractivity (Wildman–Crippen MR) is 57.1 cm³/mol. The number of alkyl halides is 2. The minimum Gasteiger partial charge on any atom is -0.456 e. The summed E-state index contributed by atoms with van der Waals surface area (Å²) in [7, 11) is 0. The van der Waals surface area contributed by atoms with Gasteiger partial charge in [0.05, 0.1) is 17.3 Å². The molecule has 0 saturated carbocycles. The van der Waals surface area contributed by atoms with Crippen molar-refractivity contribution in [3.63, 3.8) is 0 Å². The normalized spacial score (nSPS) is 10.2. The lowest BCUT2D eigenvalue weighted by molar-refractivity contribution is 0.0389. The lowest BCUT2D eigenvalue weighted by Crippen LogP contribution is -2.21. The molecule has 0 aromatic heterocycles. The van der Waals surface area contributed by atoms with Crippen molar-refractivity contribution in [3.8, 4) is 0 Å². The second-order valence-corrected chi connectivity index (χ2v) is 3.32. The fourth-order valence-corrected chi connectivity index (χ4v) is 1.35. The lowest BCUT2D eigenvalue weighted by Gasteiger charge is -2.11. The molecule has 1 aromatic carbocycles. The Balaban J connectivity index is 2.59. The highest BCUT2D eigenvalue weighted by Crippen LogP contribution is 2.06. The summed E-state index contributed by atoms with van der Waals surface area (Å²) in [6, 6.07) is 8.74. The predicted octanol–water partition coefficient (Wildman–Crippen LogP) is 2.69. The van der Waals surface area contributed by atoms with E-state index in [0.717, 1.165) is 0 Å². The monoisotopic (exact) mass is 232 g/mol. The molecule has 0 fully saturated rings. The molecule has 0 bridgehead atoms. The van der Waals surface area contributed by atoms with Crippen LogP contribution in [0.2, 0.25) is 0 Å². The SMILES string of the molecule is O=C(OC(CCl)CCl)c1ccccc1. The molecular weight excluding hydrogens is 223 g/mol. The van der Waals surface area contributed by atoms with Gasteiger partial charge < -0.3 is 4.74 Å². The maximum Gasteiger partial charge on any atom is 0.338 e. The molecule has 0 aliphatic rings. The van der Waals surface area contributed by atoms with E-state index in [4.69, 9.17) is 27.9 Å². The summed E-state index contributed by atoms with van der Waals surface area (Å²) in [4.78, 5) is 11.4. The Kier molecular flexibility index (Phi) is 4.77. The Bertz CT molecular complexity index is 283. The van der Waals surface area contributed by atoms with Crippen LogP contribution in [-0.2, 0) is 4.74 Å². The van der Waals surface area contributed by atoms with Gasteiger partial charge in [0.25, 0.3) is 0 Å². The summed E-state index contributed by atoms with van der Waals surface area (Å²) < 4.78 is 5.03. The third kappa shape index (κ3) is 3.20. The average Bonchev–Trinajstić information content (AvgIpc) is 2.26. The summed E-state index contributed by atoms with van der Waals surface area (Å²) in [5, 5.41) is 0. The molecule has 0 saturated heterocycles. The first-order chi connectivity index (χ1) is 6.77. The largest absolute Gasteiger partial charge is 0.456 e. The molecule has 1 rings (SSSR count). The Morgan fingerprint density at radius 3 is 2.29 bits per heavy atom.